The lowest BCUT2D eigenvalue weighted by Gasteiger charge is -2.38. The number of thiazole rings is 1. The van der Waals surface area contributed by atoms with Crippen LogP contribution in [-0.2, 0) is 4.74 Å². The van der Waals surface area contributed by atoms with Crippen molar-refractivity contribution >= 4 is 17.4 Å². The highest BCUT2D eigenvalue weighted by Gasteiger charge is 2.62. The van der Waals surface area contributed by atoms with Gasteiger partial charge in [0.1, 0.15) is 5.60 Å². The molecule has 1 spiro atoms. The summed E-state index contributed by atoms with van der Waals surface area (Å²) in [5.74, 6) is 0.460. The average Bonchev–Trinajstić information content (AvgIpc) is 2.85. The molecule has 128 valence electrons. The van der Waals surface area contributed by atoms with Crippen molar-refractivity contribution < 1.29 is 9.53 Å². The van der Waals surface area contributed by atoms with E-state index in [2.05, 4.69) is 22.5 Å². The van der Waals surface area contributed by atoms with Gasteiger partial charge >= 0.3 is 6.09 Å². The van der Waals surface area contributed by atoms with E-state index < -0.39 is 5.60 Å². The summed E-state index contributed by atoms with van der Waals surface area (Å²) in [5.41, 5.74) is -0.0964. The van der Waals surface area contributed by atoms with Crippen LogP contribution in [0, 0.1) is 5.41 Å². The lowest BCUT2D eigenvalue weighted by atomic mass is 9.76. The molecule has 2 atom stereocenters. The topological polar surface area (TPSA) is 63.2 Å². The van der Waals surface area contributed by atoms with Crippen LogP contribution in [0.15, 0.2) is 11.6 Å². The van der Waals surface area contributed by atoms with Crippen LogP contribution in [0.25, 0.3) is 0 Å². The van der Waals surface area contributed by atoms with Crippen molar-refractivity contribution in [3.8, 4) is 0 Å². The van der Waals surface area contributed by atoms with Crippen LogP contribution in [-0.4, -0.2) is 35.3 Å². The van der Waals surface area contributed by atoms with Gasteiger partial charge in [-0.05, 0) is 45.4 Å². The number of hydrogen-bond acceptors (Lipinski definition) is 5. The quantitative estimate of drug-likeness (QED) is 0.865. The highest BCUT2D eigenvalue weighted by atomic mass is 32.1. The van der Waals surface area contributed by atoms with Crippen molar-refractivity contribution in [3.63, 3.8) is 0 Å². The number of rotatable bonds is 5. The molecule has 0 saturated heterocycles. The minimum atomic E-state index is -0.429. The molecule has 23 heavy (non-hydrogen) atoms. The predicted octanol–water partition coefficient (Wildman–Crippen LogP) is 3.28. The molecule has 0 bridgehead atoms. The minimum Gasteiger partial charge on any atom is -0.444 e. The van der Waals surface area contributed by atoms with Gasteiger partial charge in [-0.3, -0.25) is 0 Å². The van der Waals surface area contributed by atoms with Gasteiger partial charge in [-0.25, -0.2) is 9.78 Å². The van der Waals surface area contributed by atoms with E-state index in [1.54, 1.807) is 11.3 Å². The maximum atomic E-state index is 11.8. The van der Waals surface area contributed by atoms with Crippen LogP contribution in [0.1, 0.15) is 57.9 Å². The van der Waals surface area contributed by atoms with Crippen LogP contribution >= 0.6 is 11.3 Å². The SMILES string of the molecule is CC(CNC1CC2(C1)CC2NC(=O)OC(C)(C)C)c1nccs1. The Labute approximate surface area is 142 Å². The zero-order valence-corrected chi connectivity index (χ0v) is 15.2. The summed E-state index contributed by atoms with van der Waals surface area (Å²) >= 11 is 1.72. The number of amides is 1. The maximum Gasteiger partial charge on any atom is 0.407 e. The van der Waals surface area contributed by atoms with Crippen LogP contribution in [0.3, 0.4) is 0 Å². The summed E-state index contributed by atoms with van der Waals surface area (Å²) in [6, 6.07) is 0.870. The van der Waals surface area contributed by atoms with Crippen LogP contribution in [0.2, 0.25) is 0 Å². The molecule has 2 saturated carbocycles. The fourth-order valence-electron chi connectivity index (χ4n) is 3.43. The van der Waals surface area contributed by atoms with Crippen molar-refractivity contribution in [2.75, 3.05) is 6.54 Å². The molecule has 0 radical (unpaired) electrons. The second kappa shape index (κ2) is 6.06. The Balaban J connectivity index is 1.35. The fourth-order valence-corrected chi connectivity index (χ4v) is 4.13. The largest absolute Gasteiger partial charge is 0.444 e. The van der Waals surface area contributed by atoms with E-state index in [4.69, 9.17) is 4.74 Å². The number of nitrogens with one attached hydrogen (secondary N) is 2. The van der Waals surface area contributed by atoms with Gasteiger partial charge in [-0.2, -0.15) is 0 Å². The molecule has 2 N–H and O–H groups in total. The Hall–Kier alpha value is -1.14. The van der Waals surface area contributed by atoms with Crippen molar-refractivity contribution in [2.45, 2.75) is 70.6 Å². The standard InChI is InChI=1S/C17H27N3O2S/c1-11(14-18-5-6-23-14)10-19-12-7-17(8-12)9-13(17)20-15(21)22-16(2,3)4/h5-6,11-13,19H,7-10H2,1-4H3,(H,20,21). The summed E-state index contributed by atoms with van der Waals surface area (Å²) < 4.78 is 5.33. The van der Waals surface area contributed by atoms with Crippen LogP contribution in [0.4, 0.5) is 4.79 Å². The molecule has 0 aliphatic heterocycles. The number of hydrogen-bond donors (Lipinski definition) is 2. The van der Waals surface area contributed by atoms with Gasteiger partial charge < -0.3 is 15.4 Å². The molecular weight excluding hydrogens is 310 g/mol. The summed E-state index contributed by atoms with van der Waals surface area (Å²) in [6.45, 7) is 8.86. The first kappa shape index (κ1) is 16.7. The van der Waals surface area contributed by atoms with Gasteiger partial charge in [0.15, 0.2) is 0 Å². The molecule has 3 rings (SSSR count). The van der Waals surface area contributed by atoms with Crippen molar-refractivity contribution in [1.29, 1.82) is 0 Å². The Morgan fingerprint density at radius 3 is 2.83 bits per heavy atom. The zero-order valence-electron chi connectivity index (χ0n) is 14.4. The molecule has 5 nitrogen and oxygen atoms in total. The molecule has 2 aliphatic carbocycles. The second-order valence-corrected chi connectivity index (χ2v) is 8.98. The van der Waals surface area contributed by atoms with Gasteiger partial charge in [0.2, 0.25) is 0 Å². The van der Waals surface area contributed by atoms with Gasteiger partial charge in [-0.1, -0.05) is 6.92 Å². The highest BCUT2D eigenvalue weighted by molar-refractivity contribution is 7.09. The molecule has 2 aliphatic rings. The summed E-state index contributed by atoms with van der Waals surface area (Å²) in [4.78, 5) is 16.2. The first-order chi connectivity index (χ1) is 10.8. The number of nitrogens with zero attached hydrogens (tertiary/aromatic N) is 1. The molecule has 1 amide bonds. The third-order valence-electron chi connectivity index (χ3n) is 4.77. The van der Waals surface area contributed by atoms with Crippen LogP contribution < -0.4 is 10.6 Å². The highest BCUT2D eigenvalue weighted by Crippen LogP contribution is 2.60. The Kier molecular flexibility index (Phi) is 4.40. The average molecular weight is 337 g/mol. The monoisotopic (exact) mass is 337 g/mol. The molecule has 2 fully saturated rings. The Morgan fingerprint density at radius 1 is 1.48 bits per heavy atom. The van der Waals surface area contributed by atoms with Gasteiger partial charge in [0.05, 0.1) is 5.01 Å². The summed E-state index contributed by atoms with van der Waals surface area (Å²) in [7, 11) is 0. The van der Waals surface area contributed by atoms with Gasteiger partial charge in [0, 0.05) is 36.1 Å². The van der Waals surface area contributed by atoms with E-state index in [-0.39, 0.29) is 6.09 Å². The molecular formula is C17H27N3O2S. The number of carbonyl (C=O) groups excluding carboxylic acids is 1. The molecule has 6 heteroatoms. The molecule has 1 aromatic rings. The Bertz CT molecular complexity index is 547. The first-order valence-corrected chi connectivity index (χ1v) is 9.28. The normalized spacial score (nSPS) is 30.6. The molecule has 1 heterocycles. The molecule has 2 unspecified atom stereocenters. The van der Waals surface area contributed by atoms with E-state index in [0.29, 0.717) is 23.4 Å². The number of alkyl carbamates (subject to hydrolysis) is 1. The Morgan fingerprint density at radius 2 is 2.22 bits per heavy atom. The second-order valence-electron chi connectivity index (χ2n) is 8.05. The van der Waals surface area contributed by atoms with Crippen molar-refractivity contribution in [2.24, 2.45) is 5.41 Å². The van der Waals surface area contributed by atoms with Crippen LogP contribution in [0.5, 0.6) is 0 Å². The summed E-state index contributed by atoms with van der Waals surface area (Å²) in [5, 5.41) is 9.88. The van der Waals surface area contributed by atoms with E-state index in [9.17, 15) is 4.79 Å². The van der Waals surface area contributed by atoms with Crippen molar-refractivity contribution in [1.82, 2.24) is 15.6 Å². The minimum absolute atomic E-state index is 0.284. The third-order valence-corrected chi connectivity index (χ3v) is 5.78. The molecule has 0 aromatic carbocycles. The maximum absolute atomic E-state index is 11.8. The number of ether oxygens (including phenoxy) is 1. The van der Waals surface area contributed by atoms with Gasteiger partial charge in [0.25, 0.3) is 0 Å². The third kappa shape index (κ3) is 4.04. The van der Waals surface area contributed by atoms with E-state index in [0.717, 1.165) is 25.8 Å². The lowest BCUT2D eigenvalue weighted by Crippen LogP contribution is -2.47. The first-order valence-electron chi connectivity index (χ1n) is 8.40. The van der Waals surface area contributed by atoms with Gasteiger partial charge in [-0.15, -0.1) is 11.3 Å². The number of aromatic nitrogens is 1. The van der Waals surface area contributed by atoms with E-state index in [1.165, 1.54) is 5.01 Å². The smallest absolute Gasteiger partial charge is 0.407 e. The predicted molar refractivity (Wildman–Crippen MR) is 91.8 cm³/mol. The molecule has 1 aromatic heterocycles. The summed E-state index contributed by atoms with van der Waals surface area (Å²) in [6.07, 6.45) is 4.97. The lowest BCUT2D eigenvalue weighted by molar-refractivity contribution is 0.0502. The van der Waals surface area contributed by atoms with E-state index in [1.807, 2.05) is 32.3 Å². The van der Waals surface area contributed by atoms with E-state index >= 15 is 0 Å². The van der Waals surface area contributed by atoms with Crippen molar-refractivity contribution in [3.05, 3.63) is 16.6 Å². The fraction of sp³-hybridized carbons (Fsp3) is 0.765. The zero-order chi connectivity index (χ0) is 16.7. The number of carbonyl (C=O) groups is 1.